The zero-order valence-electron chi connectivity index (χ0n) is 10.4. The van der Waals surface area contributed by atoms with Crippen molar-refractivity contribution < 1.29 is 9.53 Å². The zero-order valence-corrected chi connectivity index (χ0v) is 10.4. The maximum Gasteiger partial charge on any atom is 0.223 e. The molecule has 0 N–H and O–H groups in total. The smallest absolute Gasteiger partial charge is 0.223 e. The van der Waals surface area contributed by atoms with Crippen molar-refractivity contribution in [2.45, 2.75) is 58.1 Å². The van der Waals surface area contributed by atoms with Crippen LogP contribution >= 0.6 is 0 Å². The summed E-state index contributed by atoms with van der Waals surface area (Å²) in [6, 6.07) is 0.369. The van der Waals surface area contributed by atoms with Crippen molar-refractivity contribution in [3.63, 3.8) is 0 Å². The van der Waals surface area contributed by atoms with Crippen LogP contribution in [0.2, 0.25) is 0 Å². The second-order valence-electron chi connectivity index (χ2n) is 5.45. The highest BCUT2D eigenvalue weighted by molar-refractivity contribution is 5.77. The molecule has 16 heavy (non-hydrogen) atoms. The quantitative estimate of drug-likeness (QED) is 0.721. The van der Waals surface area contributed by atoms with Gasteiger partial charge in [0.05, 0.1) is 18.8 Å². The number of rotatable bonds is 2. The van der Waals surface area contributed by atoms with Gasteiger partial charge in [-0.1, -0.05) is 26.7 Å². The van der Waals surface area contributed by atoms with Crippen LogP contribution in [0.5, 0.6) is 0 Å². The molecule has 0 aromatic heterocycles. The average Bonchev–Trinajstić information content (AvgIpc) is 2.27. The predicted octanol–water partition coefficient (Wildman–Crippen LogP) is 2.20. The molecule has 2 atom stereocenters. The molecule has 0 bridgehead atoms. The largest absolute Gasteiger partial charge is 0.374 e. The standard InChI is InChI=1S/C13H23NO2/c1-10(2)9-13(15)14-7-8-16-12-6-4-3-5-11(12)14/h10-12H,3-9H2,1-2H3/t11-,12-/m1/s1. The van der Waals surface area contributed by atoms with Crippen LogP contribution in [0.25, 0.3) is 0 Å². The molecule has 0 radical (unpaired) electrons. The monoisotopic (exact) mass is 225 g/mol. The lowest BCUT2D eigenvalue weighted by Crippen LogP contribution is -2.55. The molecular formula is C13H23NO2. The number of fused-ring (bicyclic) bond motifs is 1. The SMILES string of the molecule is CC(C)CC(=O)N1CCO[C@@H]2CCCC[C@H]21. The number of amides is 1. The van der Waals surface area contributed by atoms with Crippen molar-refractivity contribution in [1.29, 1.82) is 0 Å². The first-order chi connectivity index (χ1) is 7.68. The molecule has 0 spiro atoms. The van der Waals surface area contributed by atoms with E-state index in [0.29, 0.717) is 30.4 Å². The fraction of sp³-hybridized carbons (Fsp3) is 0.923. The van der Waals surface area contributed by atoms with E-state index in [-0.39, 0.29) is 0 Å². The van der Waals surface area contributed by atoms with Gasteiger partial charge in [-0.15, -0.1) is 0 Å². The zero-order chi connectivity index (χ0) is 11.5. The van der Waals surface area contributed by atoms with Crippen LogP contribution in [-0.2, 0) is 9.53 Å². The summed E-state index contributed by atoms with van der Waals surface area (Å²) in [4.78, 5) is 14.2. The third-order valence-electron chi connectivity index (χ3n) is 3.64. The van der Waals surface area contributed by atoms with Gasteiger partial charge in [0.2, 0.25) is 5.91 Å². The van der Waals surface area contributed by atoms with Crippen LogP contribution in [-0.4, -0.2) is 36.1 Å². The van der Waals surface area contributed by atoms with Gasteiger partial charge in [0.25, 0.3) is 0 Å². The Morgan fingerprint density at radius 3 is 2.88 bits per heavy atom. The third-order valence-corrected chi connectivity index (χ3v) is 3.64. The minimum Gasteiger partial charge on any atom is -0.374 e. The van der Waals surface area contributed by atoms with Crippen molar-refractivity contribution in [1.82, 2.24) is 4.90 Å². The van der Waals surface area contributed by atoms with Gasteiger partial charge in [-0.25, -0.2) is 0 Å². The van der Waals surface area contributed by atoms with E-state index in [2.05, 4.69) is 18.7 Å². The van der Waals surface area contributed by atoms with E-state index in [1.54, 1.807) is 0 Å². The first-order valence-electron chi connectivity index (χ1n) is 6.59. The number of ether oxygens (including phenoxy) is 1. The molecule has 3 nitrogen and oxygen atoms in total. The van der Waals surface area contributed by atoms with Crippen molar-refractivity contribution in [2.24, 2.45) is 5.92 Å². The first-order valence-corrected chi connectivity index (χ1v) is 6.59. The lowest BCUT2D eigenvalue weighted by atomic mass is 9.89. The molecule has 2 fully saturated rings. The van der Waals surface area contributed by atoms with E-state index < -0.39 is 0 Å². The fourth-order valence-electron chi connectivity index (χ4n) is 2.87. The summed E-state index contributed by atoms with van der Waals surface area (Å²) < 4.78 is 5.77. The summed E-state index contributed by atoms with van der Waals surface area (Å²) in [5.41, 5.74) is 0. The van der Waals surface area contributed by atoms with Gasteiger partial charge in [0, 0.05) is 13.0 Å². The maximum atomic E-state index is 12.1. The Bertz CT molecular complexity index is 250. The second kappa shape index (κ2) is 5.17. The molecule has 0 aromatic carbocycles. The van der Waals surface area contributed by atoms with Gasteiger partial charge < -0.3 is 9.64 Å². The number of nitrogens with zero attached hydrogens (tertiary/aromatic N) is 1. The summed E-state index contributed by atoms with van der Waals surface area (Å²) in [6.45, 7) is 5.74. The first kappa shape index (κ1) is 11.9. The van der Waals surface area contributed by atoms with E-state index in [1.165, 1.54) is 12.8 Å². The molecule has 1 aliphatic heterocycles. The molecule has 1 saturated heterocycles. The normalized spacial score (nSPS) is 30.3. The van der Waals surface area contributed by atoms with Gasteiger partial charge in [-0.05, 0) is 18.8 Å². The van der Waals surface area contributed by atoms with Crippen molar-refractivity contribution >= 4 is 5.91 Å². The van der Waals surface area contributed by atoms with Crippen LogP contribution in [0.4, 0.5) is 0 Å². The maximum absolute atomic E-state index is 12.1. The van der Waals surface area contributed by atoms with E-state index in [9.17, 15) is 4.79 Å². The van der Waals surface area contributed by atoms with Crippen LogP contribution in [0.3, 0.4) is 0 Å². The second-order valence-corrected chi connectivity index (χ2v) is 5.45. The molecule has 0 aromatic rings. The number of hydrogen-bond donors (Lipinski definition) is 0. The minimum absolute atomic E-state index is 0.318. The molecule has 1 aliphatic carbocycles. The molecule has 1 saturated carbocycles. The Hall–Kier alpha value is -0.570. The van der Waals surface area contributed by atoms with Crippen LogP contribution in [0.15, 0.2) is 0 Å². The van der Waals surface area contributed by atoms with E-state index in [4.69, 9.17) is 4.74 Å². The Labute approximate surface area is 98.1 Å². The number of carbonyl (C=O) groups excluding carboxylic acids is 1. The Morgan fingerprint density at radius 2 is 2.12 bits per heavy atom. The van der Waals surface area contributed by atoms with Crippen molar-refractivity contribution in [2.75, 3.05) is 13.2 Å². The van der Waals surface area contributed by atoms with Crippen molar-refractivity contribution in [3.05, 3.63) is 0 Å². The highest BCUT2D eigenvalue weighted by atomic mass is 16.5. The molecule has 3 heteroatoms. The average molecular weight is 225 g/mol. The molecule has 1 heterocycles. The molecule has 92 valence electrons. The lowest BCUT2D eigenvalue weighted by molar-refractivity contribution is -0.150. The Morgan fingerprint density at radius 1 is 1.38 bits per heavy atom. The van der Waals surface area contributed by atoms with E-state index in [1.807, 2.05) is 0 Å². The highest BCUT2D eigenvalue weighted by Gasteiger charge is 2.36. The van der Waals surface area contributed by atoms with Gasteiger partial charge in [-0.2, -0.15) is 0 Å². The lowest BCUT2D eigenvalue weighted by Gasteiger charge is -2.44. The summed E-state index contributed by atoms with van der Waals surface area (Å²) >= 11 is 0. The third kappa shape index (κ3) is 2.57. The fourth-order valence-corrected chi connectivity index (χ4v) is 2.87. The predicted molar refractivity (Wildman–Crippen MR) is 63.2 cm³/mol. The molecular weight excluding hydrogens is 202 g/mol. The number of hydrogen-bond acceptors (Lipinski definition) is 2. The van der Waals surface area contributed by atoms with Crippen LogP contribution in [0.1, 0.15) is 46.0 Å². The Balaban J connectivity index is 1.99. The van der Waals surface area contributed by atoms with Gasteiger partial charge >= 0.3 is 0 Å². The summed E-state index contributed by atoms with van der Waals surface area (Å²) in [5, 5.41) is 0. The number of morpholine rings is 1. The highest BCUT2D eigenvalue weighted by Crippen LogP contribution is 2.29. The van der Waals surface area contributed by atoms with Gasteiger partial charge in [0.1, 0.15) is 0 Å². The topological polar surface area (TPSA) is 29.5 Å². The van der Waals surface area contributed by atoms with E-state index in [0.717, 1.165) is 26.0 Å². The molecule has 1 amide bonds. The summed E-state index contributed by atoms with van der Waals surface area (Å²) in [7, 11) is 0. The molecule has 2 aliphatic rings. The minimum atomic E-state index is 0.318. The summed E-state index contributed by atoms with van der Waals surface area (Å²) in [5.74, 6) is 0.785. The van der Waals surface area contributed by atoms with E-state index >= 15 is 0 Å². The Kier molecular flexibility index (Phi) is 3.85. The molecule has 2 rings (SSSR count). The van der Waals surface area contributed by atoms with Crippen molar-refractivity contribution in [3.8, 4) is 0 Å². The molecule has 0 unspecified atom stereocenters. The summed E-state index contributed by atoms with van der Waals surface area (Å²) in [6.07, 6.45) is 5.77. The van der Waals surface area contributed by atoms with Gasteiger partial charge in [0.15, 0.2) is 0 Å². The van der Waals surface area contributed by atoms with Crippen LogP contribution in [0, 0.1) is 5.92 Å². The van der Waals surface area contributed by atoms with Gasteiger partial charge in [-0.3, -0.25) is 4.79 Å². The van der Waals surface area contributed by atoms with Crippen LogP contribution < -0.4 is 0 Å². The number of carbonyl (C=O) groups is 1.